The van der Waals surface area contributed by atoms with Crippen molar-refractivity contribution in [1.29, 1.82) is 0 Å². The Morgan fingerprint density at radius 1 is 1.08 bits per heavy atom. The fourth-order valence-electron chi connectivity index (χ4n) is 2.74. The zero-order valence-corrected chi connectivity index (χ0v) is 14.7. The molecule has 0 spiro atoms. The van der Waals surface area contributed by atoms with Crippen molar-refractivity contribution >= 4 is 55.6 Å². The number of benzene rings is 2. The predicted octanol–water partition coefficient (Wildman–Crippen LogP) is 4.94. The summed E-state index contributed by atoms with van der Waals surface area (Å²) in [7, 11) is 1.66. The number of anilines is 1. The summed E-state index contributed by atoms with van der Waals surface area (Å²) < 4.78 is 6.09. The smallest absolute Gasteiger partial charge is 0.345 e. The molecule has 0 saturated heterocycles. The topological polar surface area (TPSA) is 50.5 Å². The lowest BCUT2D eigenvalue weighted by Gasteiger charge is -2.17. The number of halogens is 1. The molecule has 0 aliphatic carbocycles. The lowest BCUT2D eigenvalue weighted by molar-refractivity contribution is 0.0997. The van der Waals surface area contributed by atoms with Crippen LogP contribution in [0.15, 0.2) is 63.8 Å². The van der Waals surface area contributed by atoms with Gasteiger partial charge < -0.3 is 9.32 Å². The molecule has 0 N–H and O–H groups in total. The average molecular weight is 370 g/mol. The van der Waals surface area contributed by atoms with Crippen molar-refractivity contribution in [2.75, 3.05) is 11.9 Å². The molecule has 0 aliphatic heterocycles. The Labute approximate surface area is 151 Å². The van der Waals surface area contributed by atoms with Gasteiger partial charge in [0.15, 0.2) is 0 Å². The highest BCUT2D eigenvalue weighted by Gasteiger charge is 2.20. The molecule has 0 radical (unpaired) electrons. The standard InChI is InChI=1S/C19H12ClNO3S/c1-21(14-8-4-3-7-13(14)20)18(22)16-10-12-17(25-16)11-6-2-5-9-15(11)24-19(12)23/h2-10H,1H3. The number of carbonyl (C=O) groups excluding carboxylic acids is 1. The van der Waals surface area contributed by atoms with E-state index in [0.29, 0.717) is 26.6 Å². The molecule has 0 unspecified atom stereocenters. The van der Waals surface area contributed by atoms with Crippen molar-refractivity contribution in [2.24, 2.45) is 0 Å². The van der Waals surface area contributed by atoms with Crippen molar-refractivity contribution in [3.8, 4) is 0 Å². The number of thiophene rings is 1. The molecular formula is C19H12ClNO3S. The van der Waals surface area contributed by atoms with Gasteiger partial charge in [-0.3, -0.25) is 4.79 Å². The van der Waals surface area contributed by atoms with Gasteiger partial charge in [0.25, 0.3) is 5.91 Å². The molecule has 0 bridgehead atoms. The van der Waals surface area contributed by atoms with Gasteiger partial charge in [-0.15, -0.1) is 11.3 Å². The van der Waals surface area contributed by atoms with E-state index in [0.717, 1.165) is 10.1 Å². The highest BCUT2D eigenvalue weighted by Crippen LogP contribution is 2.32. The third-order valence-corrected chi connectivity index (χ3v) is 5.49. The van der Waals surface area contributed by atoms with E-state index >= 15 is 0 Å². The van der Waals surface area contributed by atoms with Crippen LogP contribution in [0.5, 0.6) is 0 Å². The van der Waals surface area contributed by atoms with Gasteiger partial charge in [-0.1, -0.05) is 35.9 Å². The molecule has 6 heteroatoms. The maximum Gasteiger partial charge on any atom is 0.345 e. The summed E-state index contributed by atoms with van der Waals surface area (Å²) in [6, 6.07) is 16.0. The largest absolute Gasteiger partial charge is 0.422 e. The van der Waals surface area contributed by atoms with Gasteiger partial charge in [0.2, 0.25) is 0 Å². The van der Waals surface area contributed by atoms with Crippen molar-refractivity contribution < 1.29 is 9.21 Å². The molecule has 0 aliphatic rings. The first-order valence-electron chi connectivity index (χ1n) is 7.54. The number of carbonyl (C=O) groups is 1. The molecule has 1 amide bonds. The van der Waals surface area contributed by atoms with Crippen molar-refractivity contribution in [3.05, 3.63) is 74.9 Å². The van der Waals surface area contributed by atoms with E-state index < -0.39 is 5.63 Å². The number of rotatable bonds is 2. The number of amides is 1. The van der Waals surface area contributed by atoms with E-state index in [-0.39, 0.29) is 5.91 Å². The van der Waals surface area contributed by atoms with E-state index in [9.17, 15) is 9.59 Å². The van der Waals surface area contributed by atoms with Crippen LogP contribution in [-0.4, -0.2) is 13.0 Å². The van der Waals surface area contributed by atoms with Gasteiger partial charge in [0.1, 0.15) is 5.58 Å². The van der Waals surface area contributed by atoms with Gasteiger partial charge in [-0.05, 0) is 30.3 Å². The Morgan fingerprint density at radius 3 is 2.60 bits per heavy atom. The first-order valence-corrected chi connectivity index (χ1v) is 8.73. The highest BCUT2D eigenvalue weighted by atomic mass is 35.5. The molecule has 2 aromatic heterocycles. The molecule has 124 valence electrons. The van der Waals surface area contributed by atoms with Crippen LogP contribution in [-0.2, 0) is 0 Å². The SMILES string of the molecule is CN(C(=O)c1cc2c(=O)oc3ccccc3c2s1)c1ccccc1Cl. The molecule has 2 heterocycles. The average Bonchev–Trinajstić information content (AvgIpc) is 3.07. The van der Waals surface area contributed by atoms with E-state index in [1.165, 1.54) is 16.2 Å². The first kappa shape index (κ1) is 15.9. The Morgan fingerprint density at radius 2 is 1.80 bits per heavy atom. The normalized spacial score (nSPS) is 11.1. The lowest BCUT2D eigenvalue weighted by Crippen LogP contribution is -2.25. The molecule has 0 atom stereocenters. The second-order valence-electron chi connectivity index (χ2n) is 5.55. The van der Waals surface area contributed by atoms with Crippen molar-refractivity contribution in [1.82, 2.24) is 0 Å². The molecule has 4 rings (SSSR count). The third kappa shape index (κ3) is 2.62. The molecule has 25 heavy (non-hydrogen) atoms. The van der Waals surface area contributed by atoms with Gasteiger partial charge in [-0.2, -0.15) is 0 Å². The Bertz CT molecular complexity index is 1180. The van der Waals surface area contributed by atoms with E-state index in [4.69, 9.17) is 16.0 Å². The quantitative estimate of drug-likeness (QED) is 0.470. The fraction of sp³-hybridized carbons (Fsp3) is 0.0526. The van der Waals surface area contributed by atoms with E-state index in [2.05, 4.69) is 0 Å². The maximum atomic E-state index is 12.9. The number of hydrogen-bond acceptors (Lipinski definition) is 4. The number of fused-ring (bicyclic) bond motifs is 3. The molecule has 0 saturated carbocycles. The van der Waals surface area contributed by atoms with Gasteiger partial charge in [-0.25, -0.2) is 4.79 Å². The maximum absolute atomic E-state index is 12.9. The summed E-state index contributed by atoms with van der Waals surface area (Å²) in [6.45, 7) is 0. The zero-order chi connectivity index (χ0) is 17.6. The van der Waals surface area contributed by atoms with Crippen LogP contribution in [0.1, 0.15) is 9.67 Å². The van der Waals surface area contributed by atoms with Crippen LogP contribution >= 0.6 is 22.9 Å². The monoisotopic (exact) mass is 369 g/mol. The summed E-state index contributed by atoms with van der Waals surface area (Å²) in [6.07, 6.45) is 0. The van der Waals surface area contributed by atoms with Gasteiger partial charge in [0.05, 0.1) is 25.7 Å². The first-order chi connectivity index (χ1) is 12.1. The van der Waals surface area contributed by atoms with Crippen LogP contribution < -0.4 is 10.5 Å². The summed E-state index contributed by atoms with van der Waals surface area (Å²) in [5.74, 6) is -0.224. The van der Waals surface area contributed by atoms with Crippen LogP contribution in [0.4, 0.5) is 5.69 Å². The van der Waals surface area contributed by atoms with Crippen molar-refractivity contribution in [3.63, 3.8) is 0 Å². The van der Waals surface area contributed by atoms with Gasteiger partial charge in [0, 0.05) is 12.4 Å². The summed E-state index contributed by atoms with van der Waals surface area (Å²) >= 11 is 7.46. The summed E-state index contributed by atoms with van der Waals surface area (Å²) in [5, 5.41) is 1.73. The van der Waals surface area contributed by atoms with Crippen molar-refractivity contribution in [2.45, 2.75) is 0 Å². The zero-order valence-electron chi connectivity index (χ0n) is 13.2. The van der Waals surface area contributed by atoms with Gasteiger partial charge >= 0.3 is 5.63 Å². The molecule has 4 nitrogen and oxygen atoms in total. The second-order valence-corrected chi connectivity index (χ2v) is 7.01. The highest BCUT2D eigenvalue weighted by molar-refractivity contribution is 7.21. The Kier molecular flexibility index (Phi) is 3.82. The Balaban J connectivity index is 1.86. The molecule has 4 aromatic rings. The minimum absolute atomic E-state index is 0.224. The Hall–Kier alpha value is -2.63. The fourth-order valence-corrected chi connectivity index (χ4v) is 4.16. The number of hydrogen-bond donors (Lipinski definition) is 0. The number of nitrogens with zero attached hydrogens (tertiary/aromatic N) is 1. The predicted molar refractivity (Wildman–Crippen MR) is 102 cm³/mol. The van der Waals surface area contributed by atoms with Crippen LogP contribution in [0.25, 0.3) is 21.1 Å². The third-order valence-electron chi connectivity index (χ3n) is 4.02. The summed E-state index contributed by atoms with van der Waals surface area (Å²) in [5.41, 5.74) is 0.688. The summed E-state index contributed by atoms with van der Waals surface area (Å²) in [4.78, 5) is 27.0. The minimum atomic E-state index is -0.440. The lowest BCUT2D eigenvalue weighted by atomic mass is 10.2. The van der Waals surface area contributed by atoms with Crippen LogP contribution in [0.2, 0.25) is 5.02 Å². The van der Waals surface area contributed by atoms with Crippen LogP contribution in [0.3, 0.4) is 0 Å². The molecule has 0 fully saturated rings. The molecular weight excluding hydrogens is 358 g/mol. The molecule has 2 aromatic carbocycles. The minimum Gasteiger partial charge on any atom is -0.422 e. The second kappa shape index (κ2) is 6.02. The number of para-hydroxylation sites is 2. The van der Waals surface area contributed by atoms with Crippen LogP contribution in [0, 0.1) is 0 Å². The van der Waals surface area contributed by atoms with E-state index in [1.807, 2.05) is 24.3 Å². The van der Waals surface area contributed by atoms with E-state index in [1.54, 1.807) is 37.4 Å².